The number of hydrogen-bond acceptors (Lipinski definition) is 3. The second-order valence-electron chi connectivity index (χ2n) is 3.22. The van der Waals surface area contributed by atoms with Crippen LogP contribution in [0, 0.1) is 6.92 Å². The van der Waals surface area contributed by atoms with Gasteiger partial charge in [-0.15, -0.1) is 11.6 Å². The van der Waals surface area contributed by atoms with Crippen LogP contribution in [0.5, 0.6) is 0 Å². The molecule has 0 aromatic heterocycles. The molecule has 1 aromatic rings. The third kappa shape index (κ3) is 3.53. The van der Waals surface area contributed by atoms with Crippen LogP contribution >= 0.6 is 11.6 Å². The van der Waals surface area contributed by atoms with Gasteiger partial charge in [0.2, 0.25) is 0 Å². The second kappa shape index (κ2) is 5.73. The number of alkyl halides is 1. The van der Waals surface area contributed by atoms with Gasteiger partial charge < -0.3 is 9.84 Å². The predicted octanol–water partition coefficient (Wildman–Crippen LogP) is 1.75. The monoisotopic (exact) mass is 228 g/mol. The first kappa shape index (κ1) is 12.0. The van der Waals surface area contributed by atoms with Crippen molar-refractivity contribution in [2.24, 2.45) is 0 Å². The van der Waals surface area contributed by atoms with Crippen molar-refractivity contribution >= 4 is 17.6 Å². The SMILES string of the molecule is Cc1ccccc1C(=O)OCC(O)CCl. The lowest BCUT2D eigenvalue weighted by atomic mass is 10.1. The average Bonchev–Trinajstić information content (AvgIpc) is 2.26. The fourth-order valence-corrected chi connectivity index (χ4v) is 1.19. The van der Waals surface area contributed by atoms with Crippen LogP contribution < -0.4 is 0 Å². The van der Waals surface area contributed by atoms with Crippen molar-refractivity contribution in [3.05, 3.63) is 35.4 Å². The van der Waals surface area contributed by atoms with E-state index in [0.29, 0.717) is 5.56 Å². The molecule has 0 saturated carbocycles. The van der Waals surface area contributed by atoms with Crippen molar-refractivity contribution in [1.29, 1.82) is 0 Å². The van der Waals surface area contributed by atoms with Crippen LogP contribution in [0.4, 0.5) is 0 Å². The zero-order valence-corrected chi connectivity index (χ0v) is 9.20. The molecule has 1 aromatic carbocycles. The largest absolute Gasteiger partial charge is 0.459 e. The molecule has 1 atom stereocenters. The van der Waals surface area contributed by atoms with Crippen LogP contribution in [0.15, 0.2) is 24.3 Å². The maximum absolute atomic E-state index is 11.5. The first-order valence-corrected chi connectivity index (χ1v) is 5.15. The first-order chi connectivity index (χ1) is 7.15. The number of aryl methyl sites for hydroxylation is 1. The summed E-state index contributed by atoms with van der Waals surface area (Å²) >= 11 is 5.37. The quantitative estimate of drug-likeness (QED) is 0.631. The summed E-state index contributed by atoms with van der Waals surface area (Å²) in [4.78, 5) is 11.5. The molecule has 1 rings (SSSR count). The van der Waals surface area contributed by atoms with Gasteiger partial charge in [-0.1, -0.05) is 18.2 Å². The number of aliphatic hydroxyl groups excluding tert-OH is 1. The van der Waals surface area contributed by atoms with Crippen molar-refractivity contribution in [2.45, 2.75) is 13.0 Å². The van der Waals surface area contributed by atoms with Crippen LogP contribution in [0.3, 0.4) is 0 Å². The minimum atomic E-state index is -0.806. The zero-order valence-electron chi connectivity index (χ0n) is 8.44. The van der Waals surface area contributed by atoms with Gasteiger partial charge >= 0.3 is 5.97 Å². The smallest absolute Gasteiger partial charge is 0.338 e. The molecule has 0 spiro atoms. The minimum Gasteiger partial charge on any atom is -0.459 e. The van der Waals surface area contributed by atoms with Gasteiger partial charge in [-0.3, -0.25) is 0 Å². The molecule has 15 heavy (non-hydrogen) atoms. The Labute approximate surface area is 93.6 Å². The lowest BCUT2D eigenvalue weighted by Gasteiger charge is -2.09. The molecule has 0 aliphatic heterocycles. The Hall–Kier alpha value is -1.06. The Morgan fingerprint density at radius 1 is 1.53 bits per heavy atom. The molecule has 0 bridgehead atoms. The van der Waals surface area contributed by atoms with E-state index in [1.807, 2.05) is 19.1 Å². The number of aliphatic hydroxyl groups is 1. The third-order valence-electron chi connectivity index (χ3n) is 1.95. The summed E-state index contributed by atoms with van der Waals surface area (Å²) in [6, 6.07) is 7.13. The predicted molar refractivity (Wildman–Crippen MR) is 58.2 cm³/mol. The van der Waals surface area contributed by atoms with Crippen LogP contribution in [-0.4, -0.2) is 29.7 Å². The van der Waals surface area contributed by atoms with Gasteiger partial charge in [-0.25, -0.2) is 4.79 Å². The highest BCUT2D eigenvalue weighted by molar-refractivity contribution is 6.18. The van der Waals surface area contributed by atoms with Crippen molar-refractivity contribution in [3.8, 4) is 0 Å². The number of halogens is 1. The fraction of sp³-hybridized carbons (Fsp3) is 0.364. The Morgan fingerprint density at radius 3 is 2.80 bits per heavy atom. The molecule has 0 saturated heterocycles. The number of ether oxygens (including phenoxy) is 1. The summed E-state index contributed by atoms with van der Waals surface area (Å²) in [5, 5.41) is 9.11. The zero-order chi connectivity index (χ0) is 11.3. The van der Waals surface area contributed by atoms with Crippen LogP contribution in [0.25, 0.3) is 0 Å². The summed E-state index contributed by atoms with van der Waals surface area (Å²) in [5.41, 5.74) is 1.36. The minimum absolute atomic E-state index is 0.0566. The van der Waals surface area contributed by atoms with E-state index in [1.165, 1.54) is 0 Å². The van der Waals surface area contributed by atoms with E-state index < -0.39 is 12.1 Å². The molecule has 0 amide bonds. The van der Waals surface area contributed by atoms with E-state index in [2.05, 4.69) is 0 Å². The van der Waals surface area contributed by atoms with E-state index in [0.717, 1.165) is 5.56 Å². The van der Waals surface area contributed by atoms with E-state index in [-0.39, 0.29) is 12.5 Å². The summed E-state index contributed by atoms with van der Waals surface area (Å²) in [7, 11) is 0. The average molecular weight is 229 g/mol. The van der Waals surface area contributed by atoms with Gasteiger partial charge in [-0.05, 0) is 18.6 Å². The molecule has 0 radical (unpaired) electrons. The van der Waals surface area contributed by atoms with Gasteiger partial charge in [0.05, 0.1) is 11.4 Å². The molecule has 82 valence electrons. The highest BCUT2D eigenvalue weighted by Crippen LogP contribution is 2.08. The van der Waals surface area contributed by atoms with E-state index in [9.17, 15) is 4.79 Å². The van der Waals surface area contributed by atoms with Crippen LogP contribution in [0.1, 0.15) is 15.9 Å². The lowest BCUT2D eigenvalue weighted by Crippen LogP contribution is -2.20. The molecule has 0 heterocycles. The molecule has 4 heteroatoms. The molecule has 3 nitrogen and oxygen atoms in total. The Morgan fingerprint density at radius 2 is 2.20 bits per heavy atom. The van der Waals surface area contributed by atoms with Crippen molar-refractivity contribution in [2.75, 3.05) is 12.5 Å². The van der Waals surface area contributed by atoms with Gasteiger partial charge in [0.15, 0.2) is 0 Å². The van der Waals surface area contributed by atoms with Crippen molar-refractivity contribution < 1.29 is 14.6 Å². The Balaban J connectivity index is 2.58. The molecular weight excluding hydrogens is 216 g/mol. The number of rotatable bonds is 4. The number of hydrogen-bond donors (Lipinski definition) is 1. The highest BCUT2D eigenvalue weighted by Gasteiger charge is 2.11. The fourth-order valence-electron chi connectivity index (χ4n) is 1.10. The van der Waals surface area contributed by atoms with Crippen LogP contribution in [-0.2, 0) is 4.74 Å². The molecule has 1 unspecified atom stereocenters. The third-order valence-corrected chi connectivity index (χ3v) is 2.31. The summed E-state index contributed by atoms with van der Waals surface area (Å²) in [5.74, 6) is -0.376. The number of carbonyl (C=O) groups excluding carboxylic acids is 1. The van der Waals surface area contributed by atoms with Crippen LogP contribution in [0.2, 0.25) is 0 Å². The van der Waals surface area contributed by atoms with Gasteiger partial charge in [0.25, 0.3) is 0 Å². The van der Waals surface area contributed by atoms with Crippen molar-refractivity contribution in [3.63, 3.8) is 0 Å². The number of esters is 1. The molecule has 0 aliphatic carbocycles. The molecule has 0 fully saturated rings. The Bertz CT molecular complexity index is 338. The second-order valence-corrected chi connectivity index (χ2v) is 3.53. The van der Waals surface area contributed by atoms with Crippen molar-refractivity contribution in [1.82, 2.24) is 0 Å². The first-order valence-electron chi connectivity index (χ1n) is 4.62. The summed E-state index contributed by atoms with van der Waals surface area (Å²) in [6.07, 6.45) is -0.806. The molecule has 1 N–H and O–H groups in total. The maximum Gasteiger partial charge on any atom is 0.338 e. The van der Waals surface area contributed by atoms with Gasteiger partial charge in [0.1, 0.15) is 12.7 Å². The topological polar surface area (TPSA) is 46.5 Å². The lowest BCUT2D eigenvalue weighted by molar-refractivity contribution is 0.0302. The van der Waals surface area contributed by atoms with E-state index in [1.54, 1.807) is 12.1 Å². The van der Waals surface area contributed by atoms with Gasteiger partial charge in [0, 0.05) is 0 Å². The summed E-state index contributed by atoms with van der Waals surface area (Å²) < 4.78 is 4.89. The van der Waals surface area contributed by atoms with E-state index in [4.69, 9.17) is 21.4 Å². The molecule has 0 aliphatic rings. The number of benzene rings is 1. The maximum atomic E-state index is 11.5. The number of carbonyl (C=O) groups is 1. The normalized spacial score (nSPS) is 12.2. The highest BCUT2D eigenvalue weighted by atomic mass is 35.5. The Kier molecular flexibility index (Phi) is 4.59. The molecular formula is C11H13ClO3. The summed E-state index contributed by atoms with van der Waals surface area (Å²) in [6.45, 7) is 1.76. The van der Waals surface area contributed by atoms with E-state index >= 15 is 0 Å². The standard InChI is InChI=1S/C11H13ClO3/c1-8-4-2-3-5-10(8)11(14)15-7-9(13)6-12/h2-5,9,13H,6-7H2,1H3. The van der Waals surface area contributed by atoms with Gasteiger partial charge in [-0.2, -0.15) is 0 Å².